The minimum Gasteiger partial charge on any atom is -0.490 e. The molecule has 2 aromatic carbocycles. The van der Waals surface area contributed by atoms with E-state index in [1.165, 1.54) is 11.1 Å². The summed E-state index contributed by atoms with van der Waals surface area (Å²) in [7, 11) is -2.64. The molecule has 1 N–H and O–H groups in total. The summed E-state index contributed by atoms with van der Waals surface area (Å²) in [4.78, 5) is 18.8. The van der Waals surface area contributed by atoms with Gasteiger partial charge < -0.3 is 28.6 Å². The number of aryl methyl sites for hydroxylation is 1. The van der Waals surface area contributed by atoms with Gasteiger partial charge in [0.15, 0.2) is 0 Å². The van der Waals surface area contributed by atoms with Gasteiger partial charge in [0.1, 0.15) is 11.0 Å². The summed E-state index contributed by atoms with van der Waals surface area (Å²) in [5.41, 5.74) is 3.34. The number of methoxy groups -OCH3 is 1. The van der Waals surface area contributed by atoms with Crippen LogP contribution in [-0.2, 0) is 40.8 Å². The summed E-state index contributed by atoms with van der Waals surface area (Å²) in [5.74, 6) is 0.645. The Morgan fingerprint density at radius 3 is 2.71 bits per heavy atom. The topological polar surface area (TPSA) is 116 Å². The Kier molecular flexibility index (Phi) is 12.1. The van der Waals surface area contributed by atoms with Crippen molar-refractivity contribution in [2.24, 2.45) is 11.8 Å². The molecule has 4 heterocycles. The molecule has 6 aliphatic rings. The van der Waals surface area contributed by atoms with Crippen LogP contribution in [0.3, 0.4) is 0 Å². The molecule has 2 aromatic rings. The van der Waals surface area contributed by atoms with Gasteiger partial charge in [-0.1, -0.05) is 29.8 Å². The van der Waals surface area contributed by atoms with E-state index < -0.39 is 27.3 Å². The minimum atomic E-state index is -4.19. The van der Waals surface area contributed by atoms with E-state index in [0.29, 0.717) is 44.5 Å². The molecule has 300 valence electrons. The van der Waals surface area contributed by atoms with Crippen molar-refractivity contribution in [3.05, 3.63) is 70.3 Å². The number of rotatable bonds is 7. The maximum Gasteiger partial charge on any atom is 0.264 e. The molecule has 0 radical (unpaired) electrons. The number of amides is 1. The molecule has 0 aromatic heterocycles. The van der Waals surface area contributed by atoms with E-state index in [0.717, 1.165) is 95.0 Å². The molecule has 1 amide bonds. The summed E-state index contributed by atoms with van der Waals surface area (Å²) >= 11 is 6.50. The van der Waals surface area contributed by atoms with Crippen LogP contribution in [0.5, 0.6) is 5.75 Å². The number of morpholine rings is 1. The van der Waals surface area contributed by atoms with Gasteiger partial charge in [0.2, 0.25) is 10.0 Å². The van der Waals surface area contributed by atoms with E-state index in [1.807, 2.05) is 24.3 Å². The van der Waals surface area contributed by atoms with Crippen LogP contribution in [0, 0.1) is 11.8 Å². The van der Waals surface area contributed by atoms with Crippen molar-refractivity contribution in [1.82, 2.24) is 9.62 Å². The number of carbonyl (C=O) groups excluding carboxylic acids is 1. The van der Waals surface area contributed by atoms with Crippen molar-refractivity contribution in [3.63, 3.8) is 0 Å². The molecular formula is C42H56ClN3O8S. The second kappa shape index (κ2) is 17.0. The van der Waals surface area contributed by atoms with Crippen LogP contribution in [0.25, 0.3) is 0 Å². The lowest BCUT2D eigenvalue weighted by Crippen LogP contribution is -2.50. The van der Waals surface area contributed by atoms with E-state index in [4.69, 9.17) is 35.3 Å². The number of hydrogen-bond acceptors (Lipinski definition) is 10. The van der Waals surface area contributed by atoms with Crippen LogP contribution in [-0.4, -0.2) is 116 Å². The fraction of sp³-hybridized carbons (Fsp3) is 0.643. The minimum absolute atomic E-state index is 0.140. The molecule has 3 fully saturated rings. The molecule has 2 saturated heterocycles. The third kappa shape index (κ3) is 8.61. The smallest absolute Gasteiger partial charge is 0.264 e. The zero-order valence-corrected chi connectivity index (χ0v) is 33.5. The predicted octanol–water partition coefficient (Wildman–Crippen LogP) is 5.53. The van der Waals surface area contributed by atoms with Gasteiger partial charge in [-0.2, -0.15) is 0 Å². The molecule has 8 rings (SSSR count). The third-order valence-corrected chi connectivity index (χ3v) is 15.0. The molecule has 11 nitrogen and oxygen atoms in total. The van der Waals surface area contributed by atoms with Gasteiger partial charge in [-0.3, -0.25) is 9.69 Å². The summed E-state index contributed by atoms with van der Waals surface area (Å²) in [6.07, 6.45) is 10.4. The summed E-state index contributed by atoms with van der Waals surface area (Å²) in [6, 6.07) is 11.6. The molecule has 7 atom stereocenters. The highest BCUT2D eigenvalue weighted by Crippen LogP contribution is 2.47. The van der Waals surface area contributed by atoms with E-state index >= 15 is 0 Å². The number of hydrogen-bond donors (Lipinski definition) is 1. The Morgan fingerprint density at radius 1 is 1.05 bits per heavy atom. The fourth-order valence-corrected chi connectivity index (χ4v) is 11.6. The molecular weight excluding hydrogens is 742 g/mol. The Morgan fingerprint density at radius 2 is 1.93 bits per heavy atom. The number of anilines is 1. The predicted molar refractivity (Wildman–Crippen MR) is 212 cm³/mol. The summed E-state index contributed by atoms with van der Waals surface area (Å²) in [6.45, 7) is 7.28. The van der Waals surface area contributed by atoms with Gasteiger partial charge in [-0.25, -0.2) is 13.1 Å². The number of sulfonamides is 1. The van der Waals surface area contributed by atoms with Crippen molar-refractivity contribution in [2.45, 2.75) is 86.8 Å². The van der Waals surface area contributed by atoms with E-state index in [1.54, 1.807) is 13.2 Å². The molecule has 55 heavy (non-hydrogen) atoms. The number of halogens is 1. The second-order valence-corrected chi connectivity index (χ2v) is 18.7. The monoisotopic (exact) mass is 797 g/mol. The summed E-state index contributed by atoms with van der Waals surface area (Å²) < 4.78 is 61.8. The lowest BCUT2D eigenvalue weighted by Gasteiger charge is -2.46. The molecule has 1 saturated carbocycles. The number of ether oxygens (including phenoxy) is 5. The zero-order chi connectivity index (χ0) is 38.0. The third-order valence-electron chi connectivity index (χ3n) is 13.0. The Bertz CT molecular complexity index is 1820. The average Bonchev–Trinajstić information content (AvgIpc) is 3.64. The van der Waals surface area contributed by atoms with Gasteiger partial charge in [-0.15, -0.1) is 0 Å². The molecule has 2 aliphatic carbocycles. The van der Waals surface area contributed by atoms with Gasteiger partial charge in [0, 0.05) is 62.4 Å². The highest BCUT2D eigenvalue weighted by atomic mass is 35.5. The molecule has 2 bridgehead atoms. The van der Waals surface area contributed by atoms with E-state index in [2.05, 4.69) is 32.7 Å². The van der Waals surface area contributed by atoms with Crippen LogP contribution >= 0.6 is 11.6 Å². The largest absolute Gasteiger partial charge is 0.490 e. The number of nitrogens with one attached hydrogen (secondary N) is 1. The second-order valence-electron chi connectivity index (χ2n) is 16.4. The normalized spacial score (nSPS) is 33.1. The first kappa shape index (κ1) is 39.1. The lowest BCUT2D eigenvalue weighted by molar-refractivity contribution is -0.0316. The van der Waals surface area contributed by atoms with Crippen LogP contribution in [0.15, 0.2) is 48.6 Å². The number of nitrogens with zero attached hydrogens (tertiary/aromatic N) is 2. The van der Waals surface area contributed by atoms with Crippen LogP contribution < -0.4 is 14.4 Å². The van der Waals surface area contributed by atoms with E-state index in [9.17, 15) is 13.2 Å². The maximum absolute atomic E-state index is 14.2. The zero-order valence-electron chi connectivity index (χ0n) is 32.0. The Labute approximate surface area is 331 Å². The highest BCUT2D eigenvalue weighted by molar-refractivity contribution is 7.90. The van der Waals surface area contributed by atoms with Crippen molar-refractivity contribution in [3.8, 4) is 5.75 Å². The number of benzene rings is 2. The fourth-order valence-electron chi connectivity index (χ4n) is 9.83. The first-order valence-corrected chi connectivity index (χ1v) is 22.2. The standard InChI is InChI=1S/C42H56ClN3O8S/c1-50-39-8-2-7-37(53-22-18-45-16-20-51-21-17-45)34-12-9-31(34)26-46-27-42(15-3-5-29-23-32(43)11-13-35(29)42)28-54-38-14-10-30(24-36(38)46)41(47)44-55(48,49)40(39)25-33-6-4-19-52-33/h2,7,10-11,13-14,23-24,31,33-34,37,39-40H,3-6,8-9,12,15-22,25-28H2,1H3,(H,44,47)/b7-2-/t31-,33-,34+,37-,39-,40-,42-/m0/s1. The van der Waals surface area contributed by atoms with Gasteiger partial charge in [-0.05, 0) is 111 Å². The average molecular weight is 798 g/mol. The van der Waals surface area contributed by atoms with Crippen LogP contribution in [0.4, 0.5) is 5.69 Å². The quantitative estimate of drug-likeness (QED) is 0.359. The number of fused-ring (bicyclic) bond motifs is 4. The Balaban J connectivity index is 1.15. The first-order chi connectivity index (χ1) is 26.7. The van der Waals surface area contributed by atoms with Gasteiger partial charge in [0.25, 0.3) is 5.91 Å². The van der Waals surface area contributed by atoms with Crippen LogP contribution in [0.2, 0.25) is 5.02 Å². The maximum atomic E-state index is 14.2. The highest BCUT2D eigenvalue weighted by Gasteiger charge is 2.45. The molecule has 0 unspecified atom stereocenters. The number of carbonyl (C=O) groups is 1. The van der Waals surface area contributed by atoms with Crippen molar-refractivity contribution in [1.29, 1.82) is 0 Å². The van der Waals surface area contributed by atoms with Crippen molar-refractivity contribution >= 4 is 33.2 Å². The summed E-state index contributed by atoms with van der Waals surface area (Å²) in [5, 5.41) is -0.260. The lowest BCUT2D eigenvalue weighted by atomic mass is 9.68. The Hall–Kier alpha value is -2.71. The molecule has 13 heteroatoms. The molecule has 1 spiro atoms. The van der Waals surface area contributed by atoms with Gasteiger partial charge >= 0.3 is 0 Å². The first-order valence-electron chi connectivity index (χ1n) is 20.3. The SMILES string of the molecule is CO[C@H]1C/C=C\[C@H](OCCN2CCOCC2)[C@@H]2CC[C@H]2CN2C[C@@]3(CCCc4cc(Cl)ccc43)COc3ccc(cc32)C(=O)NS(=O)(=O)[C@H]1C[C@@H]1CCCO1. The molecule has 4 aliphatic heterocycles. The van der Waals surface area contributed by atoms with Crippen LogP contribution in [0.1, 0.15) is 72.9 Å². The van der Waals surface area contributed by atoms with Crippen molar-refractivity contribution in [2.75, 3.05) is 77.8 Å². The van der Waals surface area contributed by atoms with Crippen molar-refractivity contribution < 1.29 is 36.9 Å². The van der Waals surface area contributed by atoms with E-state index in [-0.39, 0.29) is 35.5 Å². The van der Waals surface area contributed by atoms with Gasteiger partial charge in [0.05, 0.1) is 50.4 Å².